The molecule has 5 heteroatoms. The Hall–Kier alpha value is -1.62. The number of benzene rings is 1. The molecule has 0 unspecified atom stereocenters. The molecule has 4 nitrogen and oxygen atoms in total. The molecule has 21 heavy (non-hydrogen) atoms. The van der Waals surface area contributed by atoms with Gasteiger partial charge in [-0.3, -0.25) is 9.48 Å². The number of aromatic nitrogens is 2. The van der Waals surface area contributed by atoms with Crippen molar-refractivity contribution in [3.05, 3.63) is 46.2 Å². The molecular formula is C16H19BrN2O2. The number of carbonyl (C=O) groups excluding carboxylic acids is 1. The van der Waals surface area contributed by atoms with Crippen LogP contribution in [-0.2, 0) is 6.61 Å². The fourth-order valence-corrected chi connectivity index (χ4v) is 2.69. The monoisotopic (exact) mass is 350 g/mol. The maximum atomic E-state index is 10.7. The summed E-state index contributed by atoms with van der Waals surface area (Å²) in [7, 11) is 0. The van der Waals surface area contributed by atoms with Crippen molar-refractivity contribution in [1.82, 2.24) is 9.78 Å². The number of rotatable bonds is 7. The van der Waals surface area contributed by atoms with Crippen molar-refractivity contribution < 1.29 is 9.53 Å². The summed E-state index contributed by atoms with van der Waals surface area (Å²) in [6.07, 6.45) is 4.95. The minimum Gasteiger partial charge on any atom is -0.486 e. The molecule has 0 atom stereocenters. The summed E-state index contributed by atoms with van der Waals surface area (Å²) in [5.74, 6) is 0.706. The first kappa shape index (κ1) is 15.8. The van der Waals surface area contributed by atoms with Crippen LogP contribution in [0.3, 0.4) is 0 Å². The molecule has 0 aliphatic rings. The Morgan fingerprint density at radius 3 is 2.71 bits per heavy atom. The van der Waals surface area contributed by atoms with Crippen molar-refractivity contribution in [2.75, 3.05) is 0 Å². The van der Waals surface area contributed by atoms with Crippen LogP contribution in [0.4, 0.5) is 0 Å². The van der Waals surface area contributed by atoms with Gasteiger partial charge in [-0.1, -0.05) is 13.8 Å². The smallest absolute Gasteiger partial charge is 0.150 e. The summed E-state index contributed by atoms with van der Waals surface area (Å²) in [6.45, 7) is 4.74. The van der Waals surface area contributed by atoms with E-state index >= 15 is 0 Å². The van der Waals surface area contributed by atoms with Crippen LogP contribution in [0.5, 0.6) is 5.75 Å². The first-order valence-corrected chi connectivity index (χ1v) is 7.88. The maximum absolute atomic E-state index is 10.7. The van der Waals surface area contributed by atoms with E-state index in [1.165, 1.54) is 0 Å². The van der Waals surface area contributed by atoms with E-state index in [0.29, 0.717) is 24.0 Å². The van der Waals surface area contributed by atoms with Crippen LogP contribution < -0.4 is 4.74 Å². The second-order valence-corrected chi connectivity index (χ2v) is 5.71. The first-order chi connectivity index (χ1) is 10.2. The summed E-state index contributed by atoms with van der Waals surface area (Å²) in [4.78, 5) is 10.7. The molecule has 112 valence electrons. The lowest BCUT2D eigenvalue weighted by atomic mass is 10.2. The number of hydrogen-bond acceptors (Lipinski definition) is 3. The lowest BCUT2D eigenvalue weighted by Crippen LogP contribution is -2.08. The minimum atomic E-state index is 0.409. The number of hydrogen-bond donors (Lipinski definition) is 0. The summed E-state index contributed by atoms with van der Waals surface area (Å²) >= 11 is 3.40. The highest BCUT2D eigenvalue weighted by Crippen LogP contribution is 2.26. The highest BCUT2D eigenvalue weighted by molar-refractivity contribution is 9.10. The van der Waals surface area contributed by atoms with Crippen molar-refractivity contribution in [3.63, 3.8) is 0 Å². The van der Waals surface area contributed by atoms with Gasteiger partial charge in [-0.2, -0.15) is 5.10 Å². The largest absolute Gasteiger partial charge is 0.486 e. The molecule has 0 amide bonds. The molecule has 0 spiro atoms. The van der Waals surface area contributed by atoms with E-state index in [9.17, 15) is 4.79 Å². The zero-order valence-electron chi connectivity index (χ0n) is 12.3. The molecule has 0 radical (unpaired) electrons. The van der Waals surface area contributed by atoms with E-state index in [2.05, 4.69) is 34.9 Å². The van der Waals surface area contributed by atoms with Crippen LogP contribution in [0.15, 0.2) is 34.9 Å². The number of carbonyl (C=O) groups is 1. The lowest BCUT2D eigenvalue weighted by molar-refractivity contribution is 0.112. The molecular weight excluding hydrogens is 332 g/mol. The highest BCUT2D eigenvalue weighted by Gasteiger charge is 2.09. The van der Waals surface area contributed by atoms with Crippen molar-refractivity contribution in [3.8, 4) is 5.75 Å². The van der Waals surface area contributed by atoms with Gasteiger partial charge in [0.05, 0.1) is 16.2 Å². The third-order valence-corrected chi connectivity index (χ3v) is 4.07. The molecule has 0 saturated carbocycles. The predicted octanol–water partition coefficient (Wildman–Crippen LogP) is 4.40. The lowest BCUT2D eigenvalue weighted by Gasteiger charge is -2.12. The zero-order valence-corrected chi connectivity index (χ0v) is 13.8. The molecule has 0 saturated heterocycles. The normalized spacial score (nSPS) is 10.9. The number of halogens is 1. The van der Waals surface area contributed by atoms with Crippen LogP contribution in [-0.4, -0.2) is 16.1 Å². The molecule has 0 aliphatic heterocycles. The van der Waals surface area contributed by atoms with Gasteiger partial charge in [-0.25, -0.2) is 0 Å². The standard InChI is InChI=1S/C16H19BrN2O2/c1-3-14(4-2)19-8-7-13(18-19)11-21-16-6-5-12(10-20)9-15(16)17/h5-10,14H,3-4,11H2,1-2H3. The van der Waals surface area contributed by atoms with Gasteiger partial charge < -0.3 is 4.74 Å². The van der Waals surface area contributed by atoms with Gasteiger partial charge in [-0.15, -0.1) is 0 Å². The van der Waals surface area contributed by atoms with E-state index < -0.39 is 0 Å². The fraction of sp³-hybridized carbons (Fsp3) is 0.375. The van der Waals surface area contributed by atoms with Crippen LogP contribution >= 0.6 is 15.9 Å². The second-order valence-electron chi connectivity index (χ2n) is 4.85. The van der Waals surface area contributed by atoms with Gasteiger partial charge in [0.15, 0.2) is 0 Å². The average Bonchev–Trinajstić information content (AvgIpc) is 2.96. The van der Waals surface area contributed by atoms with Gasteiger partial charge >= 0.3 is 0 Å². The molecule has 0 N–H and O–H groups in total. The van der Waals surface area contributed by atoms with Gasteiger partial charge in [0.1, 0.15) is 18.6 Å². The Bertz CT molecular complexity index is 606. The van der Waals surface area contributed by atoms with Crippen molar-refractivity contribution >= 4 is 22.2 Å². The summed E-state index contributed by atoms with van der Waals surface area (Å²) in [5, 5.41) is 4.55. The number of ether oxygens (including phenoxy) is 1. The second kappa shape index (κ2) is 7.41. The Morgan fingerprint density at radius 1 is 1.33 bits per heavy atom. The quantitative estimate of drug-likeness (QED) is 0.695. The summed E-state index contributed by atoms with van der Waals surface area (Å²) in [5.41, 5.74) is 1.51. The molecule has 1 aromatic heterocycles. The molecule has 1 aromatic carbocycles. The highest BCUT2D eigenvalue weighted by atomic mass is 79.9. The minimum absolute atomic E-state index is 0.409. The zero-order chi connectivity index (χ0) is 15.2. The summed E-state index contributed by atoms with van der Waals surface area (Å²) < 4.78 is 8.52. The van der Waals surface area contributed by atoms with Crippen molar-refractivity contribution in [1.29, 1.82) is 0 Å². The van der Waals surface area contributed by atoms with E-state index in [1.54, 1.807) is 18.2 Å². The van der Waals surface area contributed by atoms with Crippen LogP contribution in [0, 0.1) is 0 Å². The Kier molecular flexibility index (Phi) is 5.56. The molecule has 0 aliphatic carbocycles. The molecule has 0 fully saturated rings. The number of aldehydes is 1. The first-order valence-electron chi connectivity index (χ1n) is 7.09. The Labute approximate surface area is 133 Å². The van der Waals surface area contributed by atoms with E-state index in [0.717, 1.165) is 29.3 Å². The van der Waals surface area contributed by atoms with Crippen LogP contribution in [0.1, 0.15) is 48.8 Å². The van der Waals surface area contributed by atoms with Crippen molar-refractivity contribution in [2.24, 2.45) is 0 Å². The van der Waals surface area contributed by atoms with E-state index in [-0.39, 0.29) is 0 Å². The third kappa shape index (κ3) is 3.94. The molecule has 0 bridgehead atoms. The Balaban J connectivity index is 2.01. The maximum Gasteiger partial charge on any atom is 0.150 e. The molecule has 2 aromatic rings. The fourth-order valence-electron chi connectivity index (χ4n) is 2.18. The predicted molar refractivity (Wildman–Crippen MR) is 85.7 cm³/mol. The van der Waals surface area contributed by atoms with Crippen molar-refractivity contribution in [2.45, 2.75) is 39.3 Å². The molecule has 2 rings (SSSR count). The number of nitrogens with zero attached hydrogens (tertiary/aromatic N) is 2. The van der Waals surface area contributed by atoms with E-state index in [4.69, 9.17) is 4.74 Å². The van der Waals surface area contributed by atoms with Gasteiger partial charge in [0.25, 0.3) is 0 Å². The molecule has 1 heterocycles. The summed E-state index contributed by atoms with van der Waals surface area (Å²) in [6, 6.07) is 7.68. The van der Waals surface area contributed by atoms with Gasteiger partial charge in [0, 0.05) is 11.8 Å². The van der Waals surface area contributed by atoms with E-state index in [1.807, 2.05) is 16.9 Å². The Morgan fingerprint density at radius 2 is 2.10 bits per heavy atom. The average molecular weight is 351 g/mol. The van der Waals surface area contributed by atoms with Gasteiger partial charge in [-0.05, 0) is 53.0 Å². The van der Waals surface area contributed by atoms with Gasteiger partial charge in [0.2, 0.25) is 0 Å². The van der Waals surface area contributed by atoms with Crippen LogP contribution in [0.2, 0.25) is 0 Å². The van der Waals surface area contributed by atoms with Crippen LogP contribution in [0.25, 0.3) is 0 Å². The topological polar surface area (TPSA) is 44.1 Å². The third-order valence-electron chi connectivity index (χ3n) is 3.45. The SMILES string of the molecule is CCC(CC)n1ccc(COc2ccc(C=O)cc2Br)n1.